The van der Waals surface area contributed by atoms with Gasteiger partial charge in [-0.2, -0.15) is 0 Å². The Kier molecular flexibility index (Phi) is 9.50. The van der Waals surface area contributed by atoms with Crippen LogP contribution in [0.15, 0.2) is 249 Å². The van der Waals surface area contributed by atoms with Crippen LogP contribution in [0.25, 0.3) is 117 Å². The quantitative estimate of drug-likeness (QED) is 0.143. The van der Waals surface area contributed by atoms with Crippen molar-refractivity contribution in [2.45, 2.75) is 0 Å². The molecule has 65 heavy (non-hydrogen) atoms. The van der Waals surface area contributed by atoms with E-state index in [-0.39, 0.29) is 0 Å². The lowest BCUT2D eigenvalue weighted by atomic mass is 9.89. The number of rotatable bonds is 8. The molecule has 0 aliphatic rings. The first-order valence-electron chi connectivity index (χ1n) is 22.1. The average Bonchev–Trinajstić information content (AvgIpc) is 3.79. The summed E-state index contributed by atoms with van der Waals surface area (Å²) >= 11 is 0. The lowest BCUT2D eigenvalue weighted by molar-refractivity contribution is 1.10. The summed E-state index contributed by atoms with van der Waals surface area (Å²) in [5, 5.41) is 4.92. The van der Waals surface area contributed by atoms with Gasteiger partial charge in [0.05, 0.1) is 22.4 Å². The fraction of sp³-hybridized carbons (Fsp3) is 0. The van der Waals surface area contributed by atoms with E-state index in [2.05, 4.69) is 253 Å². The second-order valence-electron chi connectivity index (χ2n) is 16.6. The van der Waals surface area contributed by atoms with Gasteiger partial charge >= 0.3 is 0 Å². The predicted octanol–water partition coefficient (Wildman–Crippen LogP) is 16.4. The molecule has 0 amide bonds. The molecule has 0 saturated heterocycles. The van der Waals surface area contributed by atoms with Crippen molar-refractivity contribution >= 4 is 32.6 Å². The summed E-state index contributed by atoms with van der Waals surface area (Å²) in [5.74, 6) is 0.910. The number of imidazole rings is 1. The number of nitrogens with zero attached hydrogens (tertiary/aromatic N) is 3. The third-order valence-electron chi connectivity index (χ3n) is 12.6. The van der Waals surface area contributed by atoms with Crippen LogP contribution < -0.4 is 0 Å². The molecule has 0 spiro atoms. The first-order chi connectivity index (χ1) is 32.2. The van der Waals surface area contributed by atoms with Gasteiger partial charge in [0.2, 0.25) is 0 Å². The Morgan fingerprint density at radius 2 is 0.754 bits per heavy atom. The largest absolute Gasteiger partial charge is 0.292 e. The van der Waals surface area contributed by atoms with Crippen LogP contribution in [0.1, 0.15) is 0 Å². The van der Waals surface area contributed by atoms with Crippen molar-refractivity contribution < 1.29 is 0 Å². The van der Waals surface area contributed by atoms with Crippen LogP contribution in [-0.2, 0) is 0 Å². The summed E-state index contributed by atoms with van der Waals surface area (Å²) in [5.41, 5.74) is 17.3. The molecule has 0 unspecified atom stereocenters. The van der Waals surface area contributed by atoms with Crippen molar-refractivity contribution in [2.75, 3.05) is 0 Å². The van der Waals surface area contributed by atoms with Crippen LogP contribution in [0.5, 0.6) is 0 Å². The van der Waals surface area contributed by atoms with Gasteiger partial charge in [-0.25, -0.2) is 9.97 Å². The third-order valence-corrected chi connectivity index (χ3v) is 12.6. The second kappa shape index (κ2) is 16.2. The predicted molar refractivity (Wildman–Crippen MR) is 272 cm³/mol. The third kappa shape index (κ3) is 7.16. The van der Waals surface area contributed by atoms with E-state index in [1.54, 1.807) is 0 Å². The normalized spacial score (nSPS) is 11.4. The molecular formula is C62H41N3. The number of para-hydroxylation sites is 3. The van der Waals surface area contributed by atoms with E-state index in [0.717, 1.165) is 78.4 Å². The summed E-state index contributed by atoms with van der Waals surface area (Å²) in [6.45, 7) is 0. The fourth-order valence-corrected chi connectivity index (χ4v) is 9.35. The van der Waals surface area contributed by atoms with Crippen molar-refractivity contribution in [2.24, 2.45) is 0 Å². The molecule has 12 aromatic rings. The highest BCUT2D eigenvalue weighted by Gasteiger charge is 2.17. The van der Waals surface area contributed by atoms with E-state index in [1.165, 1.54) is 38.2 Å². The highest BCUT2D eigenvalue weighted by atomic mass is 15.1. The maximum absolute atomic E-state index is 5.45. The Labute approximate surface area is 378 Å². The molecule has 0 N–H and O–H groups in total. The van der Waals surface area contributed by atoms with Gasteiger partial charge in [0.1, 0.15) is 5.82 Å². The number of hydrogen-bond donors (Lipinski definition) is 0. The second-order valence-corrected chi connectivity index (χ2v) is 16.6. The molecule has 0 saturated carbocycles. The molecule has 0 aliphatic carbocycles. The van der Waals surface area contributed by atoms with E-state index in [4.69, 9.17) is 9.97 Å². The van der Waals surface area contributed by atoms with Gasteiger partial charge in [-0.15, -0.1) is 0 Å². The highest BCUT2D eigenvalue weighted by Crippen LogP contribution is 2.41. The Morgan fingerprint density at radius 3 is 1.46 bits per heavy atom. The molecule has 2 aromatic heterocycles. The number of hydrogen-bond acceptors (Lipinski definition) is 2. The first-order valence-corrected chi connectivity index (χ1v) is 22.1. The zero-order valence-electron chi connectivity index (χ0n) is 35.5. The molecule has 3 heteroatoms. The minimum absolute atomic E-state index is 0.910. The minimum Gasteiger partial charge on any atom is -0.292 e. The van der Waals surface area contributed by atoms with Gasteiger partial charge in [-0.3, -0.25) is 4.57 Å². The van der Waals surface area contributed by atoms with Gasteiger partial charge in [-0.1, -0.05) is 188 Å². The van der Waals surface area contributed by atoms with Crippen LogP contribution in [-0.4, -0.2) is 14.5 Å². The van der Waals surface area contributed by atoms with Crippen LogP contribution in [0.2, 0.25) is 0 Å². The van der Waals surface area contributed by atoms with Crippen LogP contribution >= 0.6 is 0 Å². The van der Waals surface area contributed by atoms with E-state index in [1.807, 2.05) is 0 Å². The summed E-state index contributed by atoms with van der Waals surface area (Å²) in [7, 11) is 0. The van der Waals surface area contributed by atoms with Crippen LogP contribution in [0, 0.1) is 0 Å². The Balaban J connectivity index is 1.04. The zero-order valence-corrected chi connectivity index (χ0v) is 35.5. The van der Waals surface area contributed by atoms with E-state index >= 15 is 0 Å². The van der Waals surface area contributed by atoms with E-state index in [9.17, 15) is 0 Å². The van der Waals surface area contributed by atoms with Crippen LogP contribution in [0.4, 0.5) is 0 Å². The molecular weight excluding hydrogens is 787 g/mol. The number of aromatic nitrogens is 3. The maximum atomic E-state index is 5.45. The molecule has 2 heterocycles. The SMILES string of the molecule is c1ccc(-c2ccc(-c3cc(-c4ccccc4)nc(-c4cc(-c5ccc(-c6nc7ccccc7n6-c6ccccc6)cc5)cc(-c5cc6ccccc6c6ccccc56)c4)c3)cc2)cc1. The Bertz CT molecular complexity index is 3670. The van der Waals surface area contributed by atoms with Crippen molar-refractivity contribution in [1.82, 2.24) is 14.5 Å². The topological polar surface area (TPSA) is 30.7 Å². The number of pyridine rings is 1. The Hall–Kier alpha value is -8.66. The maximum Gasteiger partial charge on any atom is 0.145 e. The van der Waals surface area contributed by atoms with Gasteiger partial charge in [0.15, 0.2) is 0 Å². The molecule has 0 aliphatic heterocycles. The molecule has 0 bridgehead atoms. The highest BCUT2D eigenvalue weighted by molar-refractivity contribution is 6.14. The first kappa shape index (κ1) is 38.0. The summed E-state index contributed by atoms with van der Waals surface area (Å²) < 4.78 is 2.26. The lowest BCUT2D eigenvalue weighted by Gasteiger charge is -2.16. The molecule has 304 valence electrons. The molecule has 10 aromatic carbocycles. The monoisotopic (exact) mass is 827 g/mol. The average molecular weight is 828 g/mol. The summed E-state index contributed by atoms with van der Waals surface area (Å²) in [6.07, 6.45) is 0. The number of fused-ring (bicyclic) bond motifs is 4. The van der Waals surface area contributed by atoms with E-state index in [0.29, 0.717) is 0 Å². The molecule has 12 rings (SSSR count). The smallest absolute Gasteiger partial charge is 0.145 e. The van der Waals surface area contributed by atoms with Crippen molar-refractivity contribution in [3.8, 4) is 84.1 Å². The summed E-state index contributed by atoms with van der Waals surface area (Å²) in [4.78, 5) is 10.6. The lowest BCUT2D eigenvalue weighted by Crippen LogP contribution is -1.97. The van der Waals surface area contributed by atoms with Gasteiger partial charge in [0.25, 0.3) is 0 Å². The van der Waals surface area contributed by atoms with Crippen molar-refractivity contribution in [3.63, 3.8) is 0 Å². The van der Waals surface area contributed by atoms with Gasteiger partial charge < -0.3 is 0 Å². The summed E-state index contributed by atoms with van der Waals surface area (Å²) in [6, 6.07) is 89.0. The standard InChI is InChI=1S/C62H41N3/c1-4-16-42(17-5-1)43-28-30-45(31-29-43)50-40-59(46-18-6-2-7-19-46)63-60(41-50)52-37-49(36-51(38-52)57-39-48-20-10-11-23-54(48)55-24-12-13-25-56(55)57)44-32-34-47(35-33-44)62-64-58-26-14-15-27-61(58)65(62)53-21-8-3-9-22-53/h1-41H. The number of benzene rings is 10. The fourth-order valence-electron chi connectivity index (χ4n) is 9.35. The van der Waals surface area contributed by atoms with Crippen molar-refractivity contribution in [3.05, 3.63) is 249 Å². The van der Waals surface area contributed by atoms with E-state index < -0.39 is 0 Å². The molecule has 0 atom stereocenters. The van der Waals surface area contributed by atoms with Crippen molar-refractivity contribution in [1.29, 1.82) is 0 Å². The van der Waals surface area contributed by atoms with Gasteiger partial charge in [-0.05, 0) is 127 Å². The minimum atomic E-state index is 0.910. The van der Waals surface area contributed by atoms with Gasteiger partial charge in [0, 0.05) is 22.4 Å². The zero-order chi connectivity index (χ0) is 43.1. The Morgan fingerprint density at radius 1 is 0.277 bits per heavy atom. The molecule has 0 radical (unpaired) electrons. The van der Waals surface area contributed by atoms with Crippen LogP contribution in [0.3, 0.4) is 0 Å². The molecule has 3 nitrogen and oxygen atoms in total. The molecule has 0 fully saturated rings.